The predicted molar refractivity (Wildman–Crippen MR) is 73.2 cm³/mol. The van der Waals surface area contributed by atoms with Crippen LogP contribution in [0.25, 0.3) is 0 Å². The summed E-state index contributed by atoms with van der Waals surface area (Å²) in [7, 11) is 1.52. The summed E-state index contributed by atoms with van der Waals surface area (Å²) in [4.78, 5) is 0. The maximum atomic E-state index is 15.2. The van der Waals surface area contributed by atoms with E-state index in [1.807, 2.05) is 12.1 Å². The number of nitrogens with two attached hydrogens (primary N) is 1. The Morgan fingerprint density at radius 2 is 2.32 bits per heavy atom. The lowest BCUT2D eigenvalue weighted by Gasteiger charge is -2.29. The molecule has 0 radical (unpaired) electrons. The van der Waals surface area contributed by atoms with Crippen LogP contribution in [-0.2, 0) is 16.8 Å². The molecule has 2 N–H and O–H groups in total. The summed E-state index contributed by atoms with van der Waals surface area (Å²) in [5.41, 5.74) is 5.70. The summed E-state index contributed by atoms with van der Waals surface area (Å²) < 4.78 is 26.0. The zero-order valence-electron chi connectivity index (χ0n) is 11.5. The Hall–Kier alpha value is -1.13. The lowest BCUT2D eigenvalue weighted by molar-refractivity contribution is 0.0277. The molecule has 0 fully saturated rings. The van der Waals surface area contributed by atoms with E-state index in [4.69, 9.17) is 15.2 Å². The third-order valence-corrected chi connectivity index (χ3v) is 3.57. The second-order valence-electron chi connectivity index (χ2n) is 5.04. The molecule has 1 heterocycles. The fourth-order valence-electron chi connectivity index (χ4n) is 2.64. The highest BCUT2D eigenvalue weighted by atomic mass is 19.1. The molecule has 0 spiro atoms. The average Bonchev–Trinajstić information content (AvgIpc) is 2.45. The Bertz CT molecular complexity index is 425. The molecule has 3 nitrogen and oxygen atoms in total. The van der Waals surface area contributed by atoms with E-state index in [0.717, 1.165) is 18.4 Å². The van der Waals surface area contributed by atoms with Crippen molar-refractivity contribution in [3.05, 3.63) is 29.3 Å². The molecule has 1 aromatic carbocycles. The number of hydrogen-bond acceptors (Lipinski definition) is 3. The van der Waals surface area contributed by atoms with Gasteiger partial charge < -0.3 is 15.2 Å². The third-order valence-electron chi connectivity index (χ3n) is 3.57. The summed E-state index contributed by atoms with van der Waals surface area (Å²) in [6, 6.07) is 5.71. The zero-order valence-corrected chi connectivity index (χ0v) is 11.5. The van der Waals surface area contributed by atoms with Crippen molar-refractivity contribution in [2.45, 2.75) is 31.4 Å². The first-order chi connectivity index (χ1) is 9.21. The van der Waals surface area contributed by atoms with Gasteiger partial charge in [-0.25, -0.2) is 4.39 Å². The molecule has 19 heavy (non-hydrogen) atoms. The van der Waals surface area contributed by atoms with E-state index < -0.39 is 5.67 Å². The average molecular weight is 267 g/mol. The second-order valence-corrected chi connectivity index (χ2v) is 5.04. The maximum absolute atomic E-state index is 15.2. The lowest BCUT2D eigenvalue weighted by Crippen LogP contribution is -2.29. The number of aryl methyl sites for hydroxylation is 1. The molecular weight excluding hydrogens is 245 g/mol. The fraction of sp³-hybridized carbons (Fsp3) is 0.600. The van der Waals surface area contributed by atoms with Gasteiger partial charge in [-0.1, -0.05) is 18.2 Å². The molecule has 1 aliphatic heterocycles. The summed E-state index contributed by atoms with van der Waals surface area (Å²) >= 11 is 0. The Morgan fingerprint density at radius 1 is 1.47 bits per heavy atom. The van der Waals surface area contributed by atoms with Crippen molar-refractivity contribution in [1.29, 1.82) is 0 Å². The van der Waals surface area contributed by atoms with Crippen LogP contribution in [0.2, 0.25) is 0 Å². The quantitative estimate of drug-likeness (QED) is 0.861. The third kappa shape index (κ3) is 3.07. The molecule has 0 aromatic heterocycles. The van der Waals surface area contributed by atoms with Crippen LogP contribution in [0.15, 0.2) is 18.2 Å². The highest BCUT2D eigenvalue weighted by Crippen LogP contribution is 2.40. The van der Waals surface area contributed by atoms with Gasteiger partial charge in [-0.3, -0.25) is 0 Å². The predicted octanol–water partition coefficient (Wildman–Crippen LogP) is 2.56. The van der Waals surface area contributed by atoms with Crippen LogP contribution in [0, 0.1) is 0 Å². The molecule has 0 amide bonds. The number of hydrogen-bond donors (Lipinski definition) is 1. The topological polar surface area (TPSA) is 44.5 Å². The summed E-state index contributed by atoms with van der Waals surface area (Å²) in [5.74, 6) is 0.713. The number of alkyl halides is 1. The van der Waals surface area contributed by atoms with Gasteiger partial charge in [0.1, 0.15) is 5.75 Å². The van der Waals surface area contributed by atoms with Gasteiger partial charge in [0.05, 0.1) is 13.2 Å². The van der Waals surface area contributed by atoms with E-state index in [9.17, 15) is 0 Å². The van der Waals surface area contributed by atoms with Gasteiger partial charge >= 0.3 is 0 Å². The number of ether oxygens (including phenoxy) is 2. The SMILES string of the molecule is COCC(F)(CCCN)c1cccc2c1OCCC2. The minimum atomic E-state index is -1.52. The van der Waals surface area contributed by atoms with Gasteiger partial charge in [-0.05, 0) is 37.8 Å². The summed E-state index contributed by atoms with van der Waals surface area (Å²) in [5, 5.41) is 0. The van der Waals surface area contributed by atoms with Crippen LogP contribution in [0.5, 0.6) is 5.75 Å². The molecular formula is C15H22FNO2. The molecule has 4 heteroatoms. The van der Waals surface area contributed by atoms with Crippen LogP contribution in [0.4, 0.5) is 4.39 Å². The monoisotopic (exact) mass is 267 g/mol. The largest absolute Gasteiger partial charge is 0.493 e. The van der Waals surface area contributed by atoms with Crippen molar-refractivity contribution in [3.63, 3.8) is 0 Å². The Balaban J connectivity index is 2.35. The first-order valence-corrected chi connectivity index (χ1v) is 6.84. The van der Waals surface area contributed by atoms with E-state index >= 15 is 4.39 Å². The van der Waals surface area contributed by atoms with Crippen molar-refractivity contribution >= 4 is 0 Å². The minimum Gasteiger partial charge on any atom is -0.493 e. The minimum absolute atomic E-state index is 0.0345. The van der Waals surface area contributed by atoms with E-state index in [-0.39, 0.29) is 6.61 Å². The number of para-hydroxylation sites is 1. The molecule has 0 bridgehead atoms. The Morgan fingerprint density at radius 3 is 3.05 bits per heavy atom. The van der Waals surface area contributed by atoms with Crippen LogP contribution >= 0.6 is 0 Å². The smallest absolute Gasteiger partial charge is 0.162 e. The highest BCUT2D eigenvalue weighted by molar-refractivity contribution is 5.46. The van der Waals surface area contributed by atoms with Crippen molar-refractivity contribution in [1.82, 2.24) is 0 Å². The standard InChI is InChI=1S/C15H22FNO2/c1-18-11-15(16,8-4-9-17)13-7-2-5-12-6-3-10-19-14(12)13/h2,5,7H,3-4,6,8-11,17H2,1H3. The molecule has 106 valence electrons. The lowest BCUT2D eigenvalue weighted by atomic mass is 9.88. The molecule has 2 rings (SSSR count). The molecule has 1 aromatic rings. The van der Waals surface area contributed by atoms with Gasteiger partial charge in [-0.15, -0.1) is 0 Å². The Kier molecular flexibility index (Phi) is 4.77. The van der Waals surface area contributed by atoms with Crippen LogP contribution in [0.1, 0.15) is 30.4 Å². The van der Waals surface area contributed by atoms with Gasteiger partial charge in [0, 0.05) is 12.7 Å². The van der Waals surface area contributed by atoms with E-state index in [2.05, 4.69) is 0 Å². The van der Waals surface area contributed by atoms with E-state index in [0.29, 0.717) is 37.3 Å². The van der Waals surface area contributed by atoms with Crippen molar-refractivity contribution in [2.75, 3.05) is 26.9 Å². The molecule has 0 saturated heterocycles. The normalized spacial score (nSPS) is 17.4. The van der Waals surface area contributed by atoms with Crippen LogP contribution in [-0.4, -0.2) is 26.9 Å². The van der Waals surface area contributed by atoms with Gasteiger partial charge in [0.25, 0.3) is 0 Å². The second kappa shape index (κ2) is 6.35. The Labute approximate surface area is 113 Å². The molecule has 0 aliphatic carbocycles. The first kappa shape index (κ1) is 14.3. The van der Waals surface area contributed by atoms with Crippen molar-refractivity contribution < 1.29 is 13.9 Å². The number of benzene rings is 1. The van der Waals surface area contributed by atoms with E-state index in [1.165, 1.54) is 7.11 Å². The van der Waals surface area contributed by atoms with Crippen molar-refractivity contribution in [2.24, 2.45) is 5.73 Å². The van der Waals surface area contributed by atoms with Crippen molar-refractivity contribution in [3.8, 4) is 5.75 Å². The number of fused-ring (bicyclic) bond motifs is 1. The molecule has 0 saturated carbocycles. The summed E-state index contributed by atoms with van der Waals surface area (Å²) in [6.07, 6.45) is 2.92. The maximum Gasteiger partial charge on any atom is 0.162 e. The molecule has 1 unspecified atom stereocenters. The van der Waals surface area contributed by atoms with Gasteiger partial charge in [0.2, 0.25) is 0 Å². The molecule has 1 aliphatic rings. The van der Waals surface area contributed by atoms with E-state index in [1.54, 1.807) is 6.07 Å². The van der Waals surface area contributed by atoms with Gasteiger partial charge in [-0.2, -0.15) is 0 Å². The number of rotatable bonds is 6. The molecule has 1 atom stereocenters. The highest BCUT2D eigenvalue weighted by Gasteiger charge is 2.35. The van der Waals surface area contributed by atoms with Crippen LogP contribution < -0.4 is 10.5 Å². The van der Waals surface area contributed by atoms with Crippen LogP contribution in [0.3, 0.4) is 0 Å². The first-order valence-electron chi connectivity index (χ1n) is 6.84. The summed E-state index contributed by atoms with van der Waals surface area (Å²) in [6.45, 7) is 1.17. The zero-order chi connectivity index (χ0) is 13.7. The fourth-order valence-corrected chi connectivity index (χ4v) is 2.64. The number of halogens is 1. The van der Waals surface area contributed by atoms with Gasteiger partial charge in [0.15, 0.2) is 5.67 Å². The number of methoxy groups -OCH3 is 1.